The molecule has 1 heterocycles. The Morgan fingerprint density at radius 2 is 1.92 bits per heavy atom. The molecular weight excluding hydrogens is 318 g/mol. The fourth-order valence-electron chi connectivity index (χ4n) is 2.74. The Kier molecular flexibility index (Phi) is 6.42. The van der Waals surface area contributed by atoms with Gasteiger partial charge in [0, 0.05) is 36.3 Å². The van der Waals surface area contributed by atoms with Crippen molar-refractivity contribution in [2.75, 3.05) is 32.1 Å². The van der Waals surface area contributed by atoms with Gasteiger partial charge in [-0.05, 0) is 25.0 Å². The molecule has 1 aliphatic rings. The van der Waals surface area contributed by atoms with Gasteiger partial charge in [-0.25, -0.2) is 0 Å². The van der Waals surface area contributed by atoms with Gasteiger partial charge in [0.2, 0.25) is 11.8 Å². The van der Waals surface area contributed by atoms with Gasteiger partial charge in [-0.15, -0.1) is 0 Å². The van der Waals surface area contributed by atoms with Gasteiger partial charge in [0.15, 0.2) is 0 Å². The van der Waals surface area contributed by atoms with Crippen LogP contribution in [0.15, 0.2) is 24.3 Å². The molecule has 0 radical (unpaired) electrons. The van der Waals surface area contributed by atoms with Crippen molar-refractivity contribution in [3.05, 3.63) is 24.3 Å². The summed E-state index contributed by atoms with van der Waals surface area (Å²) in [6.07, 6.45) is 1.74. The number of hydrogen-bond acceptors (Lipinski definition) is 4. The molecule has 0 bridgehead atoms. The molecule has 1 aromatic carbocycles. The van der Waals surface area contributed by atoms with E-state index in [4.69, 9.17) is 4.74 Å². The number of likely N-dealkylation sites (tertiary alicyclic amines) is 1. The summed E-state index contributed by atoms with van der Waals surface area (Å²) < 4.78 is 5.16. The molecule has 138 valence electrons. The highest BCUT2D eigenvalue weighted by Gasteiger charge is 2.27. The molecule has 1 fully saturated rings. The summed E-state index contributed by atoms with van der Waals surface area (Å²) in [6, 6.07) is 7.52. The van der Waals surface area contributed by atoms with Crippen LogP contribution in [0.3, 0.4) is 0 Å². The van der Waals surface area contributed by atoms with Gasteiger partial charge in [-0.2, -0.15) is 0 Å². The monoisotopic (exact) mass is 347 g/mol. The fraction of sp³-hybridized carbons (Fsp3) is 0.579. The maximum atomic E-state index is 12.2. The summed E-state index contributed by atoms with van der Waals surface area (Å²) >= 11 is 0. The highest BCUT2D eigenvalue weighted by molar-refractivity contribution is 5.92. The van der Waals surface area contributed by atoms with Crippen LogP contribution in [-0.2, 0) is 9.59 Å². The average molecular weight is 347 g/mol. The van der Waals surface area contributed by atoms with Gasteiger partial charge in [0.25, 0.3) is 0 Å². The molecule has 1 aliphatic heterocycles. The molecule has 0 spiro atoms. The third kappa shape index (κ3) is 6.05. The second-order valence-electron chi connectivity index (χ2n) is 7.55. The van der Waals surface area contributed by atoms with E-state index in [0.29, 0.717) is 12.3 Å². The van der Waals surface area contributed by atoms with Crippen LogP contribution in [0.4, 0.5) is 5.69 Å². The van der Waals surface area contributed by atoms with Crippen LogP contribution in [0.2, 0.25) is 0 Å². The van der Waals surface area contributed by atoms with Crippen LogP contribution >= 0.6 is 0 Å². The molecule has 0 atom stereocenters. The molecule has 0 unspecified atom stereocenters. The first-order chi connectivity index (χ1) is 11.8. The number of nitrogens with one attached hydrogen (secondary N) is 2. The van der Waals surface area contributed by atoms with Crippen molar-refractivity contribution in [1.29, 1.82) is 0 Å². The molecule has 2 amide bonds. The number of ether oxygens (including phenoxy) is 1. The molecule has 0 aromatic heterocycles. The molecule has 2 N–H and O–H groups in total. The molecule has 6 nitrogen and oxygen atoms in total. The lowest BCUT2D eigenvalue weighted by atomic mass is 9.94. The van der Waals surface area contributed by atoms with Gasteiger partial charge in [0.05, 0.1) is 13.7 Å². The maximum absolute atomic E-state index is 12.2. The number of carbonyl (C=O) groups excluding carboxylic acids is 2. The number of methoxy groups -OCH3 is 1. The summed E-state index contributed by atoms with van der Waals surface area (Å²) in [5, 5.41) is 6.00. The third-order valence-corrected chi connectivity index (χ3v) is 4.32. The third-order valence-electron chi connectivity index (χ3n) is 4.32. The first-order valence-corrected chi connectivity index (χ1v) is 8.75. The molecule has 25 heavy (non-hydrogen) atoms. The number of piperidine rings is 1. The van der Waals surface area contributed by atoms with Crippen molar-refractivity contribution in [2.45, 2.75) is 39.7 Å². The first-order valence-electron chi connectivity index (χ1n) is 8.75. The van der Waals surface area contributed by atoms with Crippen LogP contribution in [-0.4, -0.2) is 49.5 Å². The van der Waals surface area contributed by atoms with E-state index >= 15 is 0 Å². The van der Waals surface area contributed by atoms with Gasteiger partial charge >= 0.3 is 0 Å². The Bertz CT molecular complexity index is 602. The molecule has 0 aliphatic carbocycles. The highest BCUT2D eigenvalue weighted by Crippen LogP contribution is 2.18. The van der Waals surface area contributed by atoms with E-state index in [2.05, 4.69) is 15.5 Å². The Labute approximate surface area is 149 Å². The minimum atomic E-state index is -0.367. The van der Waals surface area contributed by atoms with E-state index in [0.717, 1.165) is 31.6 Å². The number of nitrogens with zero attached hydrogens (tertiary/aromatic N) is 1. The Morgan fingerprint density at radius 3 is 2.52 bits per heavy atom. The highest BCUT2D eigenvalue weighted by atomic mass is 16.5. The minimum absolute atomic E-state index is 0.0366. The first kappa shape index (κ1) is 19.2. The second-order valence-corrected chi connectivity index (χ2v) is 7.55. The van der Waals surface area contributed by atoms with Gasteiger partial charge in [-0.1, -0.05) is 26.8 Å². The second kappa shape index (κ2) is 8.34. The summed E-state index contributed by atoms with van der Waals surface area (Å²) in [6.45, 7) is 7.72. The van der Waals surface area contributed by atoms with Crippen LogP contribution in [0, 0.1) is 5.41 Å². The van der Waals surface area contributed by atoms with Crippen LogP contribution in [0.25, 0.3) is 0 Å². The quantitative estimate of drug-likeness (QED) is 0.857. The number of amides is 2. The molecule has 1 aromatic rings. The normalized spacial score (nSPS) is 16.3. The predicted octanol–water partition coefficient (Wildman–Crippen LogP) is 2.26. The van der Waals surface area contributed by atoms with Crippen molar-refractivity contribution >= 4 is 17.5 Å². The van der Waals surface area contributed by atoms with Gasteiger partial charge in [0.1, 0.15) is 5.75 Å². The lowest BCUT2D eigenvalue weighted by molar-refractivity contribution is -0.129. The Morgan fingerprint density at radius 1 is 1.24 bits per heavy atom. The van der Waals surface area contributed by atoms with Crippen LogP contribution in [0.5, 0.6) is 5.75 Å². The topological polar surface area (TPSA) is 70.7 Å². The van der Waals surface area contributed by atoms with E-state index in [9.17, 15) is 9.59 Å². The van der Waals surface area contributed by atoms with Crippen molar-refractivity contribution in [2.24, 2.45) is 5.41 Å². The van der Waals surface area contributed by atoms with E-state index < -0.39 is 0 Å². The SMILES string of the molecule is COc1cccc(NC(=O)CN2CCC(NC(=O)C(C)(C)C)CC2)c1. The fourth-order valence-corrected chi connectivity index (χ4v) is 2.74. The van der Waals surface area contributed by atoms with Crippen molar-refractivity contribution in [3.63, 3.8) is 0 Å². The van der Waals surface area contributed by atoms with E-state index in [1.54, 1.807) is 13.2 Å². The zero-order valence-corrected chi connectivity index (χ0v) is 15.6. The largest absolute Gasteiger partial charge is 0.497 e. The maximum Gasteiger partial charge on any atom is 0.238 e. The van der Waals surface area contributed by atoms with Gasteiger partial charge < -0.3 is 15.4 Å². The van der Waals surface area contributed by atoms with Crippen molar-refractivity contribution in [3.8, 4) is 5.75 Å². The van der Waals surface area contributed by atoms with Crippen molar-refractivity contribution < 1.29 is 14.3 Å². The summed E-state index contributed by atoms with van der Waals surface area (Å²) in [4.78, 5) is 26.4. The summed E-state index contributed by atoms with van der Waals surface area (Å²) in [5.41, 5.74) is 0.366. The lowest BCUT2D eigenvalue weighted by Crippen LogP contribution is -2.48. The smallest absolute Gasteiger partial charge is 0.238 e. The number of rotatable bonds is 5. The number of hydrogen-bond donors (Lipinski definition) is 2. The molecule has 6 heteroatoms. The minimum Gasteiger partial charge on any atom is -0.497 e. The average Bonchev–Trinajstić information content (AvgIpc) is 2.56. The zero-order valence-electron chi connectivity index (χ0n) is 15.6. The van der Waals surface area contributed by atoms with Crippen molar-refractivity contribution in [1.82, 2.24) is 10.2 Å². The predicted molar refractivity (Wildman–Crippen MR) is 98.7 cm³/mol. The standard InChI is InChI=1S/C19H29N3O3/c1-19(2,3)18(24)21-14-8-10-22(11-9-14)13-17(23)20-15-6-5-7-16(12-15)25-4/h5-7,12,14H,8-11,13H2,1-4H3,(H,20,23)(H,21,24). The molecular formula is C19H29N3O3. The summed E-state index contributed by atoms with van der Waals surface area (Å²) in [7, 11) is 1.60. The molecule has 1 saturated heterocycles. The van der Waals surface area contributed by atoms with Gasteiger partial charge in [-0.3, -0.25) is 14.5 Å². The zero-order chi connectivity index (χ0) is 18.4. The number of carbonyl (C=O) groups is 2. The summed E-state index contributed by atoms with van der Waals surface area (Å²) in [5.74, 6) is 0.764. The Balaban J connectivity index is 1.76. The van der Waals surface area contributed by atoms with Crippen LogP contribution in [0.1, 0.15) is 33.6 Å². The van der Waals surface area contributed by atoms with Crippen LogP contribution < -0.4 is 15.4 Å². The lowest BCUT2D eigenvalue weighted by Gasteiger charge is -2.33. The molecule has 0 saturated carbocycles. The number of anilines is 1. The van der Waals surface area contributed by atoms with E-state index in [1.165, 1.54) is 0 Å². The van der Waals surface area contributed by atoms with E-state index in [1.807, 2.05) is 39.0 Å². The number of benzene rings is 1. The Hall–Kier alpha value is -2.08. The van der Waals surface area contributed by atoms with E-state index in [-0.39, 0.29) is 23.3 Å². The molecule has 2 rings (SSSR count).